The van der Waals surface area contributed by atoms with Gasteiger partial charge in [-0.3, -0.25) is 9.59 Å². The Bertz CT molecular complexity index is 1470. The van der Waals surface area contributed by atoms with E-state index in [1.807, 2.05) is 41.3 Å². The minimum Gasteiger partial charge on any atom is -0.473 e. The van der Waals surface area contributed by atoms with Crippen molar-refractivity contribution in [1.29, 1.82) is 0 Å². The van der Waals surface area contributed by atoms with Gasteiger partial charge in [-0.05, 0) is 55.0 Å². The molecule has 1 aliphatic heterocycles. The summed E-state index contributed by atoms with van der Waals surface area (Å²) in [6.07, 6.45) is 2.97. The molecule has 2 fully saturated rings. The monoisotopic (exact) mass is 538 g/mol. The van der Waals surface area contributed by atoms with Crippen LogP contribution in [0.1, 0.15) is 40.1 Å². The fraction of sp³-hybridized carbons (Fsp3) is 0.308. The summed E-state index contributed by atoms with van der Waals surface area (Å²) in [4.78, 5) is 38.6. The van der Waals surface area contributed by atoms with Crippen molar-refractivity contribution >= 4 is 56.3 Å². The lowest BCUT2D eigenvalue weighted by Gasteiger charge is -2.35. The zero-order valence-electron chi connectivity index (χ0n) is 19.4. The Hall–Kier alpha value is -3.01. The van der Waals surface area contributed by atoms with Crippen molar-refractivity contribution in [3.8, 4) is 15.6 Å². The van der Waals surface area contributed by atoms with E-state index in [1.165, 1.54) is 22.7 Å². The Morgan fingerprint density at radius 1 is 1.22 bits per heavy atom. The van der Waals surface area contributed by atoms with Crippen LogP contribution < -0.4 is 10.1 Å². The molecule has 7 nitrogen and oxygen atoms in total. The molecule has 36 heavy (non-hydrogen) atoms. The first-order valence-corrected chi connectivity index (χ1v) is 13.8. The highest BCUT2D eigenvalue weighted by Gasteiger charge is 2.49. The number of carbonyl (C=O) groups excluding carboxylic acids is 2. The molecule has 0 unspecified atom stereocenters. The van der Waals surface area contributed by atoms with Crippen LogP contribution in [0.5, 0.6) is 5.19 Å². The fourth-order valence-corrected chi connectivity index (χ4v) is 7.37. The Labute approximate surface area is 221 Å². The number of ether oxygens (including phenoxy) is 1. The van der Waals surface area contributed by atoms with Crippen molar-refractivity contribution in [1.82, 2.24) is 20.2 Å². The molecule has 2 bridgehead atoms. The lowest BCUT2D eigenvalue weighted by atomic mass is 9.98. The van der Waals surface area contributed by atoms with E-state index in [0.29, 0.717) is 33.9 Å². The fourth-order valence-electron chi connectivity index (χ4n) is 5.51. The van der Waals surface area contributed by atoms with Gasteiger partial charge < -0.3 is 15.0 Å². The number of amides is 2. The summed E-state index contributed by atoms with van der Waals surface area (Å²) in [6.45, 7) is 0.398. The molecule has 184 valence electrons. The molecule has 3 atom stereocenters. The number of nitrogens with zero attached hydrogens (tertiary/aromatic N) is 3. The molecule has 10 heteroatoms. The lowest BCUT2D eigenvalue weighted by Crippen LogP contribution is -2.50. The Morgan fingerprint density at radius 3 is 2.92 bits per heavy atom. The molecule has 1 aliphatic carbocycles. The average Bonchev–Trinajstić information content (AvgIpc) is 3.69. The third-order valence-corrected chi connectivity index (χ3v) is 9.30. The summed E-state index contributed by atoms with van der Waals surface area (Å²) in [5, 5.41) is 4.12. The van der Waals surface area contributed by atoms with Crippen molar-refractivity contribution in [3.05, 3.63) is 64.3 Å². The molecule has 1 saturated carbocycles. The number of piperidine rings is 1. The van der Waals surface area contributed by atoms with Crippen LogP contribution in [0.25, 0.3) is 20.7 Å². The van der Waals surface area contributed by atoms with Crippen LogP contribution in [-0.2, 0) is 0 Å². The molecule has 2 amide bonds. The number of rotatable bonds is 6. The Morgan fingerprint density at radius 2 is 2.08 bits per heavy atom. The minimum atomic E-state index is -0.144. The smallest absolute Gasteiger partial charge is 0.274 e. The van der Waals surface area contributed by atoms with E-state index in [4.69, 9.17) is 16.3 Å². The molecule has 0 radical (unpaired) electrons. The summed E-state index contributed by atoms with van der Waals surface area (Å²) >= 11 is 9.02. The molecule has 4 aromatic rings. The molecule has 3 heterocycles. The summed E-state index contributed by atoms with van der Waals surface area (Å²) < 4.78 is 6.26. The number of aromatic nitrogens is 2. The standard InChI is InChI=1S/C26H23ClN4O3S2/c1-34-26-30-21(22(36-26)15-4-2-5-16(27)10-15)25(33)31-17-9-8-14(11-17)20(31)12-28-24(32)18-6-3-7-19-23(18)35-13-29-19/h2-7,10,13-14,17,20H,8-9,11-12H2,1H3,(H,28,32)/t14-,17+,20+/m0/s1. The van der Waals surface area contributed by atoms with Gasteiger partial charge in [-0.2, -0.15) is 4.98 Å². The van der Waals surface area contributed by atoms with Gasteiger partial charge in [-0.1, -0.05) is 41.1 Å². The Balaban J connectivity index is 1.27. The number of likely N-dealkylation sites (tertiary alicyclic amines) is 1. The molecule has 2 aromatic carbocycles. The molecule has 2 aliphatic rings. The third-order valence-electron chi connectivity index (χ3n) is 7.12. The maximum atomic E-state index is 14.0. The van der Waals surface area contributed by atoms with Crippen LogP contribution in [-0.4, -0.2) is 52.4 Å². The number of nitrogens with one attached hydrogen (secondary N) is 1. The van der Waals surface area contributed by atoms with E-state index in [1.54, 1.807) is 18.7 Å². The summed E-state index contributed by atoms with van der Waals surface area (Å²) in [5.41, 5.74) is 4.38. The first-order chi connectivity index (χ1) is 17.5. The maximum absolute atomic E-state index is 14.0. The topological polar surface area (TPSA) is 84.4 Å². The summed E-state index contributed by atoms with van der Waals surface area (Å²) in [7, 11) is 1.55. The number of fused-ring (bicyclic) bond motifs is 3. The SMILES string of the molecule is COc1nc(C(=O)N2[C@@H]3CC[C@@H](C3)[C@H]2CNC(=O)c2cccc3ncsc23)c(-c2cccc(Cl)c2)s1. The molecular formula is C26H23ClN4O3S2. The van der Waals surface area contributed by atoms with Gasteiger partial charge in [0.05, 0.1) is 39.3 Å². The van der Waals surface area contributed by atoms with Crippen molar-refractivity contribution in [2.24, 2.45) is 5.92 Å². The van der Waals surface area contributed by atoms with Crippen molar-refractivity contribution in [3.63, 3.8) is 0 Å². The van der Waals surface area contributed by atoms with Gasteiger partial charge in [-0.15, -0.1) is 11.3 Å². The highest BCUT2D eigenvalue weighted by Crippen LogP contribution is 2.44. The molecular weight excluding hydrogens is 516 g/mol. The van der Waals surface area contributed by atoms with Gasteiger partial charge in [0.25, 0.3) is 17.0 Å². The quantitative estimate of drug-likeness (QED) is 0.350. The number of methoxy groups -OCH3 is 1. The molecule has 0 spiro atoms. The van der Waals surface area contributed by atoms with Gasteiger partial charge in [0, 0.05) is 17.6 Å². The first-order valence-electron chi connectivity index (χ1n) is 11.8. The third kappa shape index (κ3) is 4.05. The second kappa shape index (κ2) is 9.46. The number of hydrogen-bond acceptors (Lipinski definition) is 7. The van der Waals surface area contributed by atoms with Gasteiger partial charge in [-0.25, -0.2) is 4.98 Å². The summed E-state index contributed by atoms with van der Waals surface area (Å²) in [5.74, 6) is 0.0871. The van der Waals surface area contributed by atoms with Crippen LogP contribution >= 0.6 is 34.3 Å². The van der Waals surface area contributed by atoms with Gasteiger partial charge in [0.2, 0.25) is 0 Å². The van der Waals surface area contributed by atoms with Crippen LogP contribution in [0.15, 0.2) is 48.0 Å². The summed E-state index contributed by atoms with van der Waals surface area (Å²) in [6, 6.07) is 13.0. The zero-order valence-corrected chi connectivity index (χ0v) is 21.8. The Kier molecular flexibility index (Phi) is 6.15. The van der Waals surface area contributed by atoms with Crippen LogP contribution in [0, 0.1) is 5.92 Å². The number of carbonyl (C=O) groups is 2. The van der Waals surface area contributed by atoms with Crippen LogP contribution in [0.2, 0.25) is 5.02 Å². The lowest BCUT2D eigenvalue weighted by molar-refractivity contribution is 0.0577. The number of halogens is 1. The van der Waals surface area contributed by atoms with Crippen LogP contribution in [0.4, 0.5) is 0 Å². The highest BCUT2D eigenvalue weighted by molar-refractivity contribution is 7.17. The van der Waals surface area contributed by atoms with E-state index in [2.05, 4.69) is 15.3 Å². The number of benzene rings is 2. The average molecular weight is 539 g/mol. The van der Waals surface area contributed by atoms with E-state index in [0.717, 1.165) is 39.9 Å². The van der Waals surface area contributed by atoms with Crippen molar-refractivity contribution in [2.45, 2.75) is 31.3 Å². The normalized spacial score (nSPS) is 20.7. The predicted octanol–water partition coefficient (Wildman–Crippen LogP) is 5.50. The van der Waals surface area contributed by atoms with E-state index in [9.17, 15) is 9.59 Å². The van der Waals surface area contributed by atoms with Crippen molar-refractivity contribution < 1.29 is 14.3 Å². The number of hydrogen-bond donors (Lipinski definition) is 1. The number of thiazole rings is 2. The first kappa shape index (κ1) is 23.4. The minimum absolute atomic E-state index is 0.0826. The zero-order chi connectivity index (χ0) is 24.8. The molecule has 2 aromatic heterocycles. The van der Waals surface area contributed by atoms with Gasteiger partial charge >= 0.3 is 0 Å². The van der Waals surface area contributed by atoms with Crippen LogP contribution in [0.3, 0.4) is 0 Å². The van der Waals surface area contributed by atoms with Gasteiger partial charge in [0.1, 0.15) is 0 Å². The largest absolute Gasteiger partial charge is 0.473 e. The van der Waals surface area contributed by atoms with E-state index in [-0.39, 0.29) is 23.9 Å². The maximum Gasteiger partial charge on any atom is 0.274 e. The second-order valence-corrected chi connectivity index (χ2v) is 11.3. The highest BCUT2D eigenvalue weighted by atomic mass is 35.5. The van der Waals surface area contributed by atoms with Crippen molar-refractivity contribution in [2.75, 3.05) is 13.7 Å². The second-order valence-electron chi connectivity index (χ2n) is 9.09. The van der Waals surface area contributed by atoms with E-state index < -0.39 is 0 Å². The molecule has 1 saturated heterocycles. The van der Waals surface area contributed by atoms with Gasteiger partial charge in [0.15, 0.2) is 5.69 Å². The van der Waals surface area contributed by atoms with E-state index >= 15 is 0 Å². The molecule has 6 rings (SSSR count). The predicted molar refractivity (Wildman–Crippen MR) is 142 cm³/mol. The molecule has 1 N–H and O–H groups in total.